The second kappa shape index (κ2) is 8.98. The number of nitrogens with one attached hydrogen (secondary N) is 1. The lowest BCUT2D eigenvalue weighted by atomic mass is 10.1. The zero-order valence-electron chi connectivity index (χ0n) is 17.4. The Morgan fingerprint density at radius 2 is 1.68 bits per heavy atom. The molecular weight excluding hydrogens is 402 g/mol. The normalized spacial score (nSPS) is 15.4. The molecule has 5 heteroatoms. The van der Waals surface area contributed by atoms with Crippen LogP contribution in [0, 0.1) is 0 Å². The van der Waals surface area contributed by atoms with Crippen molar-refractivity contribution in [2.45, 2.75) is 35.6 Å². The van der Waals surface area contributed by atoms with E-state index in [0.29, 0.717) is 12.1 Å². The number of carbonyl (C=O) groups is 1. The predicted octanol–water partition coefficient (Wildman–Crippen LogP) is 5.65. The first-order valence-electron chi connectivity index (χ1n) is 10.8. The third-order valence-corrected chi connectivity index (χ3v) is 6.89. The Hall–Kier alpha value is -3.05. The number of piperidine rings is 1. The number of amides is 1. The van der Waals surface area contributed by atoms with E-state index in [-0.39, 0.29) is 5.91 Å². The van der Waals surface area contributed by atoms with Crippen molar-refractivity contribution in [3.63, 3.8) is 0 Å². The maximum absolute atomic E-state index is 12.8. The van der Waals surface area contributed by atoms with E-state index in [2.05, 4.69) is 34.5 Å². The number of rotatable bonds is 3. The van der Waals surface area contributed by atoms with Gasteiger partial charge in [0, 0.05) is 40.6 Å². The highest BCUT2D eigenvalue weighted by atomic mass is 32.2. The summed E-state index contributed by atoms with van der Waals surface area (Å²) in [6.07, 6.45) is 3.68. The van der Waals surface area contributed by atoms with Crippen LogP contribution in [0.4, 0.5) is 5.69 Å². The monoisotopic (exact) mass is 427 g/mol. The summed E-state index contributed by atoms with van der Waals surface area (Å²) in [4.78, 5) is 22.6. The van der Waals surface area contributed by atoms with Gasteiger partial charge < -0.3 is 10.2 Å². The number of aliphatic imine (C=N–C) groups is 1. The van der Waals surface area contributed by atoms with Crippen molar-refractivity contribution >= 4 is 29.2 Å². The van der Waals surface area contributed by atoms with Gasteiger partial charge >= 0.3 is 0 Å². The molecule has 31 heavy (non-hydrogen) atoms. The van der Waals surface area contributed by atoms with Gasteiger partial charge in [-0.25, -0.2) is 4.99 Å². The molecule has 2 heterocycles. The van der Waals surface area contributed by atoms with Gasteiger partial charge in [-0.1, -0.05) is 60.3 Å². The Morgan fingerprint density at radius 3 is 2.52 bits per heavy atom. The molecule has 1 saturated heterocycles. The van der Waals surface area contributed by atoms with Gasteiger partial charge in [0.15, 0.2) is 0 Å². The maximum Gasteiger partial charge on any atom is 0.251 e. The standard InChI is InChI=1S/C26H25N3OS/c30-26(27-18-19-9-3-1-4-10-19)20-13-14-24-22(17-20)28-25(29-15-7-2-8-16-29)21-11-5-6-12-23(21)31-24/h1,3-6,9-14,17H,2,7-8,15-16,18H2,(H,27,30). The van der Waals surface area contributed by atoms with Crippen molar-refractivity contribution in [1.82, 2.24) is 10.2 Å². The fourth-order valence-corrected chi connectivity index (χ4v) is 5.09. The van der Waals surface area contributed by atoms with Crippen LogP contribution in [0.15, 0.2) is 87.6 Å². The minimum absolute atomic E-state index is 0.0758. The summed E-state index contributed by atoms with van der Waals surface area (Å²) in [6.45, 7) is 2.58. The molecule has 0 radical (unpaired) electrons. The molecule has 3 aromatic carbocycles. The molecule has 1 fully saturated rings. The molecule has 156 valence electrons. The quantitative estimate of drug-likeness (QED) is 0.588. The van der Waals surface area contributed by atoms with Crippen LogP contribution in [0.1, 0.15) is 40.7 Å². The summed E-state index contributed by atoms with van der Waals surface area (Å²) in [5, 5.41) is 3.02. The molecule has 1 amide bonds. The van der Waals surface area contributed by atoms with E-state index >= 15 is 0 Å². The SMILES string of the molecule is O=C(NCc1ccccc1)c1ccc2c(c1)N=C(N1CCCCC1)c1ccccc1S2. The van der Waals surface area contributed by atoms with E-state index in [9.17, 15) is 4.79 Å². The molecule has 0 atom stereocenters. The zero-order chi connectivity index (χ0) is 21.0. The van der Waals surface area contributed by atoms with E-state index in [0.717, 1.165) is 35.1 Å². The summed E-state index contributed by atoms with van der Waals surface area (Å²) < 4.78 is 0. The minimum Gasteiger partial charge on any atom is -0.356 e. The highest BCUT2D eigenvalue weighted by molar-refractivity contribution is 7.99. The minimum atomic E-state index is -0.0758. The summed E-state index contributed by atoms with van der Waals surface area (Å²) in [5.74, 6) is 0.955. The van der Waals surface area contributed by atoms with Gasteiger partial charge in [-0.3, -0.25) is 4.79 Å². The number of hydrogen-bond acceptors (Lipinski definition) is 4. The second-order valence-electron chi connectivity index (χ2n) is 7.93. The number of amidine groups is 1. The number of carbonyl (C=O) groups excluding carboxylic acids is 1. The first-order chi connectivity index (χ1) is 15.3. The molecule has 4 nitrogen and oxygen atoms in total. The van der Waals surface area contributed by atoms with Crippen molar-refractivity contribution in [1.29, 1.82) is 0 Å². The predicted molar refractivity (Wildman–Crippen MR) is 126 cm³/mol. The third kappa shape index (κ3) is 4.37. The van der Waals surface area contributed by atoms with E-state index in [1.807, 2.05) is 48.5 Å². The Morgan fingerprint density at radius 1 is 0.903 bits per heavy atom. The molecule has 0 aromatic heterocycles. The van der Waals surface area contributed by atoms with Crippen LogP contribution in [-0.4, -0.2) is 29.7 Å². The van der Waals surface area contributed by atoms with Crippen molar-refractivity contribution in [3.05, 3.63) is 89.5 Å². The molecule has 2 aliphatic heterocycles. The number of fused-ring (bicyclic) bond motifs is 2. The van der Waals surface area contributed by atoms with Gasteiger partial charge in [0.1, 0.15) is 5.84 Å². The van der Waals surface area contributed by atoms with E-state index in [4.69, 9.17) is 4.99 Å². The molecule has 2 aliphatic rings. The second-order valence-corrected chi connectivity index (χ2v) is 9.02. The molecular formula is C26H25N3OS. The van der Waals surface area contributed by atoms with Crippen LogP contribution in [0.25, 0.3) is 0 Å². The van der Waals surface area contributed by atoms with Crippen molar-refractivity contribution in [3.8, 4) is 0 Å². The largest absolute Gasteiger partial charge is 0.356 e. The first kappa shape index (κ1) is 19.9. The van der Waals surface area contributed by atoms with Gasteiger partial charge in [-0.15, -0.1) is 0 Å². The molecule has 0 spiro atoms. The molecule has 5 rings (SSSR count). The van der Waals surface area contributed by atoms with E-state index in [1.165, 1.54) is 29.7 Å². The van der Waals surface area contributed by atoms with E-state index in [1.54, 1.807) is 11.8 Å². The molecule has 0 saturated carbocycles. The van der Waals surface area contributed by atoms with Crippen LogP contribution in [-0.2, 0) is 6.54 Å². The van der Waals surface area contributed by atoms with Gasteiger partial charge in [-0.2, -0.15) is 0 Å². The van der Waals surface area contributed by atoms with Crippen LogP contribution in [0.3, 0.4) is 0 Å². The number of benzene rings is 3. The third-order valence-electron chi connectivity index (χ3n) is 5.75. The van der Waals surface area contributed by atoms with Crippen LogP contribution in [0.5, 0.6) is 0 Å². The van der Waals surface area contributed by atoms with Gasteiger partial charge in [0.25, 0.3) is 5.91 Å². The molecule has 0 aliphatic carbocycles. The van der Waals surface area contributed by atoms with E-state index < -0.39 is 0 Å². The first-order valence-corrected chi connectivity index (χ1v) is 11.7. The lowest BCUT2D eigenvalue weighted by molar-refractivity contribution is 0.0951. The summed E-state index contributed by atoms with van der Waals surface area (Å²) >= 11 is 1.73. The number of nitrogens with zero attached hydrogens (tertiary/aromatic N) is 2. The Labute approximate surface area is 187 Å². The fourth-order valence-electron chi connectivity index (χ4n) is 4.09. The maximum atomic E-state index is 12.8. The molecule has 0 unspecified atom stereocenters. The smallest absolute Gasteiger partial charge is 0.251 e. The van der Waals surface area contributed by atoms with Crippen LogP contribution in [0.2, 0.25) is 0 Å². The van der Waals surface area contributed by atoms with Crippen molar-refractivity contribution in [2.24, 2.45) is 4.99 Å². The molecule has 1 N–H and O–H groups in total. The summed E-state index contributed by atoms with van der Waals surface area (Å²) in [6, 6.07) is 24.3. The highest BCUT2D eigenvalue weighted by Gasteiger charge is 2.23. The molecule has 3 aromatic rings. The van der Waals surface area contributed by atoms with Gasteiger partial charge in [0.2, 0.25) is 0 Å². The lowest BCUT2D eigenvalue weighted by Crippen LogP contribution is -2.36. The topological polar surface area (TPSA) is 44.7 Å². The zero-order valence-corrected chi connectivity index (χ0v) is 18.2. The average molecular weight is 428 g/mol. The summed E-state index contributed by atoms with van der Waals surface area (Å²) in [7, 11) is 0. The van der Waals surface area contributed by atoms with Crippen LogP contribution < -0.4 is 5.32 Å². The fraction of sp³-hybridized carbons (Fsp3) is 0.231. The summed E-state index contributed by atoms with van der Waals surface area (Å²) in [5.41, 5.74) is 3.78. The number of likely N-dealkylation sites (tertiary alicyclic amines) is 1. The Balaban J connectivity index is 1.46. The van der Waals surface area contributed by atoms with Gasteiger partial charge in [-0.05, 0) is 49.1 Å². The highest BCUT2D eigenvalue weighted by Crippen LogP contribution is 2.41. The van der Waals surface area contributed by atoms with Crippen molar-refractivity contribution < 1.29 is 4.79 Å². The van der Waals surface area contributed by atoms with Gasteiger partial charge in [0.05, 0.1) is 5.69 Å². The Kier molecular flexibility index (Phi) is 5.76. The van der Waals surface area contributed by atoms with Crippen molar-refractivity contribution in [2.75, 3.05) is 13.1 Å². The lowest BCUT2D eigenvalue weighted by Gasteiger charge is -2.30. The van der Waals surface area contributed by atoms with Crippen LogP contribution >= 0.6 is 11.8 Å². The Bertz CT molecular complexity index is 1120. The number of hydrogen-bond donors (Lipinski definition) is 1. The average Bonchev–Trinajstić information content (AvgIpc) is 3.00. The molecule has 0 bridgehead atoms.